The Morgan fingerprint density at radius 1 is 1.08 bits per heavy atom. The highest BCUT2D eigenvalue weighted by molar-refractivity contribution is 6.67. The third kappa shape index (κ3) is 11.9. The van der Waals surface area contributed by atoms with Gasteiger partial charge < -0.3 is 4.74 Å². The van der Waals surface area contributed by atoms with Gasteiger partial charge in [0.2, 0.25) is 0 Å². The van der Waals surface area contributed by atoms with Gasteiger partial charge in [-0.25, -0.2) is 0 Å². The lowest BCUT2D eigenvalue weighted by Gasteiger charge is -1.94. The molecule has 0 N–H and O–H groups in total. The Labute approximate surface area is 93.6 Å². The molecule has 1 rings (SSSR count). The molecule has 0 atom stereocenters. The van der Waals surface area contributed by atoms with Gasteiger partial charge in [-0.15, -0.1) is 0 Å². The van der Waals surface area contributed by atoms with Gasteiger partial charge in [-0.05, 0) is 19.1 Å². The van der Waals surface area contributed by atoms with Crippen molar-refractivity contribution >= 4 is 34.8 Å². The van der Waals surface area contributed by atoms with Crippen LogP contribution in [0.5, 0.6) is 5.75 Å². The Kier molecular flexibility index (Phi) is 6.31. The van der Waals surface area contributed by atoms with Crippen LogP contribution < -0.4 is 4.74 Å². The third-order valence-corrected chi connectivity index (χ3v) is 0.979. The molecule has 0 heterocycles. The third-order valence-electron chi connectivity index (χ3n) is 0.979. The van der Waals surface area contributed by atoms with E-state index in [9.17, 15) is 0 Å². The van der Waals surface area contributed by atoms with Crippen LogP contribution in [0.1, 0.15) is 6.92 Å². The molecule has 0 saturated carbocycles. The van der Waals surface area contributed by atoms with Gasteiger partial charge in [0.15, 0.2) is 3.79 Å². The zero-order valence-corrected chi connectivity index (χ0v) is 9.70. The quantitative estimate of drug-likeness (QED) is 0.674. The van der Waals surface area contributed by atoms with E-state index in [2.05, 4.69) is 0 Å². The van der Waals surface area contributed by atoms with E-state index in [0.29, 0.717) is 0 Å². The zero-order valence-electron chi connectivity index (χ0n) is 7.43. The summed E-state index contributed by atoms with van der Waals surface area (Å²) >= 11 is 15.2. The summed E-state index contributed by atoms with van der Waals surface area (Å²) in [5.41, 5.74) is 0. The molecular weight excluding hydrogens is 230 g/mol. The lowest BCUT2D eigenvalue weighted by molar-refractivity contribution is 0.415. The highest BCUT2D eigenvalue weighted by Gasteiger charge is 2.07. The molecular formula is C9H11Cl3O. The summed E-state index contributed by atoms with van der Waals surface area (Å²) in [6, 6.07) is 9.68. The number of ether oxygens (including phenoxy) is 1. The second-order valence-corrected chi connectivity index (χ2v) is 5.15. The highest BCUT2D eigenvalue weighted by Crippen LogP contribution is 2.23. The molecule has 4 heteroatoms. The normalized spacial score (nSPS) is 9.92. The number of hydrogen-bond acceptors (Lipinski definition) is 1. The summed E-state index contributed by atoms with van der Waals surface area (Å²) in [6.45, 7) is 1.48. The molecule has 0 amide bonds. The summed E-state index contributed by atoms with van der Waals surface area (Å²) in [5.74, 6) is 0.910. The van der Waals surface area contributed by atoms with Crippen molar-refractivity contribution in [2.45, 2.75) is 10.7 Å². The van der Waals surface area contributed by atoms with Crippen LogP contribution in [0, 0.1) is 0 Å². The lowest BCUT2D eigenvalue weighted by Crippen LogP contribution is -1.87. The van der Waals surface area contributed by atoms with Crippen molar-refractivity contribution in [2.24, 2.45) is 0 Å². The Bertz CT molecular complexity index is 212. The van der Waals surface area contributed by atoms with Gasteiger partial charge in [0.05, 0.1) is 7.11 Å². The van der Waals surface area contributed by atoms with Crippen molar-refractivity contribution in [3.05, 3.63) is 30.3 Å². The maximum atomic E-state index is 5.06. The summed E-state index contributed by atoms with van der Waals surface area (Å²) in [7, 11) is 1.66. The van der Waals surface area contributed by atoms with Gasteiger partial charge in [0.1, 0.15) is 5.75 Å². The van der Waals surface area contributed by atoms with Gasteiger partial charge >= 0.3 is 0 Å². The molecule has 13 heavy (non-hydrogen) atoms. The number of benzene rings is 1. The van der Waals surface area contributed by atoms with Crippen LogP contribution in [0.15, 0.2) is 30.3 Å². The van der Waals surface area contributed by atoms with Crippen LogP contribution >= 0.6 is 34.8 Å². The van der Waals surface area contributed by atoms with Crippen LogP contribution in [-0.4, -0.2) is 10.9 Å². The van der Waals surface area contributed by atoms with Gasteiger partial charge in [0.25, 0.3) is 0 Å². The zero-order chi connectivity index (χ0) is 10.3. The van der Waals surface area contributed by atoms with E-state index >= 15 is 0 Å². The second kappa shape index (κ2) is 6.36. The van der Waals surface area contributed by atoms with Gasteiger partial charge in [-0.3, -0.25) is 0 Å². The lowest BCUT2D eigenvalue weighted by atomic mass is 10.3. The summed E-state index contributed by atoms with van der Waals surface area (Å²) in [6.07, 6.45) is 0. The second-order valence-electron chi connectivity index (χ2n) is 2.30. The smallest absolute Gasteiger partial charge is 0.187 e. The first-order chi connectivity index (χ1) is 5.93. The predicted octanol–water partition coefficient (Wildman–Crippen LogP) is 4.07. The number of alkyl halides is 3. The Morgan fingerprint density at radius 2 is 1.46 bits per heavy atom. The van der Waals surface area contributed by atoms with Gasteiger partial charge in [-0.1, -0.05) is 53.0 Å². The molecule has 0 aromatic heterocycles. The Hall–Kier alpha value is -0.110. The van der Waals surface area contributed by atoms with Gasteiger partial charge in [-0.2, -0.15) is 0 Å². The minimum atomic E-state index is -1.08. The van der Waals surface area contributed by atoms with Crippen LogP contribution in [-0.2, 0) is 0 Å². The van der Waals surface area contributed by atoms with Crippen molar-refractivity contribution in [1.29, 1.82) is 0 Å². The highest BCUT2D eigenvalue weighted by atomic mass is 35.6. The van der Waals surface area contributed by atoms with Crippen LogP contribution in [0.25, 0.3) is 0 Å². The average molecular weight is 242 g/mol. The maximum absolute atomic E-state index is 5.06. The van der Waals surface area contributed by atoms with E-state index < -0.39 is 3.79 Å². The fourth-order valence-electron chi connectivity index (χ4n) is 0.557. The van der Waals surface area contributed by atoms with E-state index in [4.69, 9.17) is 39.5 Å². The van der Waals surface area contributed by atoms with Crippen molar-refractivity contribution in [1.82, 2.24) is 0 Å². The van der Waals surface area contributed by atoms with E-state index in [0.717, 1.165) is 5.75 Å². The topological polar surface area (TPSA) is 9.23 Å². The molecule has 0 spiro atoms. The first-order valence-electron chi connectivity index (χ1n) is 3.59. The Balaban J connectivity index is 0.000000252. The molecule has 0 aliphatic heterocycles. The van der Waals surface area contributed by atoms with Crippen LogP contribution in [0.3, 0.4) is 0 Å². The number of para-hydroxylation sites is 1. The first kappa shape index (κ1) is 12.9. The minimum Gasteiger partial charge on any atom is -0.497 e. The van der Waals surface area contributed by atoms with Crippen LogP contribution in [0.4, 0.5) is 0 Å². The summed E-state index contributed by atoms with van der Waals surface area (Å²) in [4.78, 5) is 0. The van der Waals surface area contributed by atoms with Gasteiger partial charge in [0, 0.05) is 0 Å². The summed E-state index contributed by atoms with van der Waals surface area (Å²) < 4.78 is 3.83. The summed E-state index contributed by atoms with van der Waals surface area (Å²) in [5, 5.41) is 0. The molecule has 1 aromatic carbocycles. The van der Waals surface area contributed by atoms with Crippen molar-refractivity contribution in [3.63, 3.8) is 0 Å². The molecule has 74 valence electrons. The van der Waals surface area contributed by atoms with E-state index in [1.807, 2.05) is 30.3 Å². The fraction of sp³-hybridized carbons (Fsp3) is 0.333. The maximum Gasteiger partial charge on any atom is 0.187 e. The average Bonchev–Trinajstić information content (AvgIpc) is 2.03. The van der Waals surface area contributed by atoms with Crippen molar-refractivity contribution < 1.29 is 4.74 Å². The van der Waals surface area contributed by atoms with E-state index in [-0.39, 0.29) is 0 Å². The van der Waals surface area contributed by atoms with E-state index in [1.165, 1.54) is 6.92 Å². The van der Waals surface area contributed by atoms with Crippen LogP contribution in [0.2, 0.25) is 0 Å². The Morgan fingerprint density at radius 3 is 1.69 bits per heavy atom. The predicted molar refractivity (Wildman–Crippen MR) is 59.0 cm³/mol. The number of methoxy groups -OCH3 is 1. The molecule has 1 aromatic rings. The fourth-order valence-corrected chi connectivity index (χ4v) is 0.557. The monoisotopic (exact) mass is 240 g/mol. The largest absolute Gasteiger partial charge is 0.497 e. The molecule has 0 aliphatic rings. The molecule has 0 fully saturated rings. The molecule has 0 saturated heterocycles. The molecule has 0 aliphatic carbocycles. The molecule has 0 bridgehead atoms. The molecule has 0 unspecified atom stereocenters. The molecule has 1 nitrogen and oxygen atoms in total. The van der Waals surface area contributed by atoms with Crippen molar-refractivity contribution in [3.8, 4) is 5.75 Å². The standard InChI is InChI=1S/C7H8O.C2H3Cl3/c1-8-7-5-3-2-4-6-7;1-2(3,4)5/h2-6H,1H3;1H3. The molecule has 0 radical (unpaired) electrons. The minimum absolute atomic E-state index is 0.910. The number of halogens is 3. The number of hydrogen-bond donors (Lipinski definition) is 0. The van der Waals surface area contributed by atoms with Crippen molar-refractivity contribution in [2.75, 3.05) is 7.11 Å². The van der Waals surface area contributed by atoms with E-state index in [1.54, 1.807) is 7.11 Å². The number of rotatable bonds is 1. The first-order valence-corrected chi connectivity index (χ1v) is 4.72. The SMILES string of the molecule is CC(Cl)(Cl)Cl.COc1ccccc1.